The Bertz CT molecular complexity index is 822. The molecule has 0 bridgehead atoms. The molecule has 0 atom stereocenters. The van der Waals surface area contributed by atoms with E-state index in [1.165, 1.54) is 31.4 Å². The van der Waals surface area contributed by atoms with Crippen molar-refractivity contribution in [1.29, 1.82) is 0 Å². The lowest BCUT2D eigenvalue weighted by Crippen LogP contribution is -2.15. The molecule has 0 heterocycles. The van der Waals surface area contributed by atoms with Gasteiger partial charge in [-0.05, 0) is 61.3 Å². The van der Waals surface area contributed by atoms with Crippen molar-refractivity contribution >= 4 is 17.7 Å². The van der Waals surface area contributed by atoms with E-state index in [1.54, 1.807) is 30.3 Å². The van der Waals surface area contributed by atoms with Crippen LogP contribution in [0.15, 0.2) is 47.4 Å². The minimum Gasteiger partial charge on any atom is -0.478 e. The van der Waals surface area contributed by atoms with Gasteiger partial charge in [-0.2, -0.15) is 8.78 Å². The second-order valence-corrected chi connectivity index (χ2v) is 8.72. The van der Waals surface area contributed by atoms with Crippen molar-refractivity contribution in [3.05, 3.63) is 65.2 Å². The number of hydrogen-bond donors (Lipinski definition) is 1. The Hall–Kier alpha value is -2.02. The predicted molar refractivity (Wildman–Crippen MR) is 116 cm³/mol. The molecule has 0 amide bonds. The largest absolute Gasteiger partial charge is 0.478 e. The van der Waals surface area contributed by atoms with E-state index in [0.717, 1.165) is 25.7 Å². The molecule has 0 aliphatic heterocycles. The van der Waals surface area contributed by atoms with Crippen LogP contribution >= 0.6 is 11.8 Å². The number of rotatable bonds is 7. The summed E-state index contributed by atoms with van der Waals surface area (Å²) in [5, 5.41) is 8.38. The summed E-state index contributed by atoms with van der Waals surface area (Å²) < 4.78 is 52.7. The summed E-state index contributed by atoms with van der Waals surface area (Å²) in [5.74, 6) is -4.99. The fourth-order valence-electron chi connectivity index (χ4n) is 3.88. The van der Waals surface area contributed by atoms with E-state index in [-0.39, 0.29) is 22.6 Å². The molecule has 2 nitrogen and oxygen atoms in total. The molecule has 0 aromatic heterocycles. The molecule has 0 spiro atoms. The van der Waals surface area contributed by atoms with Gasteiger partial charge in [0.05, 0.1) is 10.5 Å². The Morgan fingerprint density at radius 2 is 1.68 bits per heavy atom. The first-order valence-electron chi connectivity index (χ1n) is 10.5. The third kappa shape index (κ3) is 7.87. The minimum absolute atomic E-state index is 0.0120. The second kappa shape index (κ2) is 12.7. The maximum absolute atomic E-state index is 14.2. The molecule has 2 aromatic rings. The van der Waals surface area contributed by atoms with E-state index in [0.29, 0.717) is 17.0 Å². The predicted octanol–water partition coefficient (Wildman–Crippen LogP) is 8.13. The SMILES string of the molecule is CCCCC1CCC(c2ccc(SC(F)F)c(F)c2F)CC1.O=C(O)c1ccccc1. The summed E-state index contributed by atoms with van der Waals surface area (Å²) in [6.07, 6.45) is 7.40. The van der Waals surface area contributed by atoms with Crippen molar-refractivity contribution in [3.63, 3.8) is 0 Å². The topological polar surface area (TPSA) is 37.3 Å². The average molecular weight is 457 g/mol. The Labute approximate surface area is 185 Å². The first-order chi connectivity index (χ1) is 14.8. The van der Waals surface area contributed by atoms with E-state index < -0.39 is 23.4 Å². The quantitative estimate of drug-likeness (QED) is 0.338. The van der Waals surface area contributed by atoms with Crippen molar-refractivity contribution in [2.24, 2.45) is 5.92 Å². The Kier molecular flexibility index (Phi) is 10.4. The maximum atomic E-state index is 14.2. The normalized spacial score (nSPS) is 18.4. The monoisotopic (exact) mass is 456 g/mol. The minimum atomic E-state index is -2.74. The zero-order valence-electron chi connectivity index (χ0n) is 17.5. The second-order valence-electron chi connectivity index (χ2n) is 7.69. The third-order valence-electron chi connectivity index (χ3n) is 5.57. The molecule has 170 valence electrons. The molecule has 1 N–H and O–H groups in total. The molecule has 7 heteroatoms. The van der Waals surface area contributed by atoms with E-state index in [2.05, 4.69) is 6.92 Å². The van der Waals surface area contributed by atoms with Crippen LogP contribution in [0, 0.1) is 17.6 Å². The molecular weight excluding hydrogens is 428 g/mol. The summed E-state index contributed by atoms with van der Waals surface area (Å²) in [7, 11) is 0. The number of halogens is 4. The van der Waals surface area contributed by atoms with Crippen LogP contribution in [0.25, 0.3) is 0 Å². The highest BCUT2D eigenvalue weighted by atomic mass is 32.2. The maximum Gasteiger partial charge on any atom is 0.335 e. The molecule has 0 unspecified atom stereocenters. The number of thioether (sulfide) groups is 1. The molecule has 1 fully saturated rings. The van der Waals surface area contributed by atoms with Crippen molar-refractivity contribution in [2.75, 3.05) is 0 Å². The van der Waals surface area contributed by atoms with Crippen LogP contribution in [0.1, 0.15) is 73.7 Å². The van der Waals surface area contributed by atoms with Crippen LogP contribution in [0.5, 0.6) is 0 Å². The summed E-state index contributed by atoms with van der Waals surface area (Å²) in [6.45, 7) is 2.17. The van der Waals surface area contributed by atoms with Crippen LogP contribution in [0.3, 0.4) is 0 Å². The van der Waals surface area contributed by atoms with Crippen molar-refractivity contribution < 1.29 is 27.5 Å². The highest BCUT2D eigenvalue weighted by Gasteiger charge is 2.26. The lowest BCUT2D eigenvalue weighted by atomic mass is 9.77. The van der Waals surface area contributed by atoms with Gasteiger partial charge in [0.15, 0.2) is 11.6 Å². The number of carboxylic acids is 1. The summed E-state index contributed by atoms with van der Waals surface area (Å²) in [5.41, 5.74) is 0.683. The Morgan fingerprint density at radius 1 is 1.03 bits per heavy atom. The number of aromatic carboxylic acids is 1. The number of benzene rings is 2. The molecule has 2 aromatic carbocycles. The van der Waals surface area contributed by atoms with Crippen molar-refractivity contribution in [3.8, 4) is 0 Å². The van der Waals surface area contributed by atoms with Gasteiger partial charge in [-0.15, -0.1) is 0 Å². The average Bonchev–Trinajstić information content (AvgIpc) is 2.77. The number of carboxylic acid groups (broad SMARTS) is 1. The van der Waals surface area contributed by atoms with Gasteiger partial charge in [-0.25, -0.2) is 13.6 Å². The lowest BCUT2D eigenvalue weighted by Gasteiger charge is -2.29. The molecule has 1 aliphatic carbocycles. The fraction of sp³-hybridized carbons (Fsp3) is 0.458. The summed E-state index contributed by atoms with van der Waals surface area (Å²) >= 11 is 0.0557. The van der Waals surface area contributed by atoms with Crippen molar-refractivity contribution in [1.82, 2.24) is 0 Å². The van der Waals surface area contributed by atoms with E-state index in [4.69, 9.17) is 5.11 Å². The zero-order valence-corrected chi connectivity index (χ0v) is 18.3. The molecule has 0 saturated heterocycles. The van der Waals surface area contributed by atoms with Crippen LogP contribution in [-0.4, -0.2) is 16.8 Å². The standard InChI is InChI=1S/C17H22F4S.C7H6O2/c1-2-3-4-11-5-7-12(8-6-11)13-9-10-14(22-17(20)21)16(19)15(13)18;8-7(9)6-4-2-1-3-5-6/h9-12,17H,2-8H2,1H3;1-5H,(H,8,9). The highest BCUT2D eigenvalue weighted by Crippen LogP contribution is 2.40. The van der Waals surface area contributed by atoms with E-state index in [9.17, 15) is 22.4 Å². The van der Waals surface area contributed by atoms with E-state index in [1.807, 2.05) is 0 Å². The highest BCUT2D eigenvalue weighted by molar-refractivity contribution is 7.99. The third-order valence-corrected chi connectivity index (χ3v) is 6.31. The van der Waals surface area contributed by atoms with Gasteiger partial charge in [0.25, 0.3) is 5.76 Å². The van der Waals surface area contributed by atoms with Crippen molar-refractivity contribution in [2.45, 2.75) is 68.4 Å². The smallest absolute Gasteiger partial charge is 0.335 e. The molecule has 31 heavy (non-hydrogen) atoms. The molecule has 1 saturated carbocycles. The lowest BCUT2D eigenvalue weighted by molar-refractivity contribution is 0.0697. The van der Waals surface area contributed by atoms with Crippen LogP contribution in [0.4, 0.5) is 17.6 Å². The van der Waals surface area contributed by atoms with Crippen LogP contribution in [0.2, 0.25) is 0 Å². The molecular formula is C24H28F4O2S. The van der Waals surface area contributed by atoms with Gasteiger partial charge < -0.3 is 5.11 Å². The molecule has 3 rings (SSSR count). The Balaban J connectivity index is 0.000000316. The number of alkyl halides is 2. The molecule has 1 aliphatic rings. The van der Waals surface area contributed by atoms with Gasteiger partial charge in [-0.1, -0.05) is 62.2 Å². The number of unbranched alkanes of at least 4 members (excludes halogenated alkanes) is 1. The van der Waals surface area contributed by atoms with E-state index >= 15 is 0 Å². The summed E-state index contributed by atoms with van der Waals surface area (Å²) in [4.78, 5) is 9.89. The zero-order chi connectivity index (χ0) is 22.8. The first-order valence-corrected chi connectivity index (χ1v) is 11.4. The van der Waals surface area contributed by atoms with Gasteiger partial charge in [-0.3, -0.25) is 0 Å². The van der Waals surface area contributed by atoms with Gasteiger partial charge >= 0.3 is 5.97 Å². The Morgan fingerprint density at radius 3 is 2.19 bits per heavy atom. The van der Waals surface area contributed by atoms with Gasteiger partial charge in [0.1, 0.15) is 0 Å². The number of carbonyl (C=O) groups is 1. The van der Waals surface area contributed by atoms with Gasteiger partial charge in [0, 0.05) is 0 Å². The molecule has 0 radical (unpaired) electrons. The first kappa shape index (κ1) is 25.2. The van der Waals surface area contributed by atoms with Crippen LogP contribution in [-0.2, 0) is 0 Å². The summed E-state index contributed by atoms with van der Waals surface area (Å²) in [6, 6.07) is 11.1. The van der Waals surface area contributed by atoms with Crippen LogP contribution < -0.4 is 0 Å². The number of hydrogen-bond acceptors (Lipinski definition) is 2. The van der Waals surface area contributed by atoms with Gasteiger partial charge in [0.2, 0.25) is 0 Å². The fourth-order valence-corrected chi connectivity index (χ4v) is 4.42.